The van der Waals surface area contributed by atoms with Gasteiger partial charge in [-0.3, -0.25) is 0 Å². The number of benzene rings is 2. The Bertz CT molecular complexity index is 699. The van der Waals surface area contributed by atoms with Gasteiger partial charge in [0.2, 0.25) is 0 Å². The number of carboxylic acids is 1. The summed E-state index contributed by atoms with van der Waals surface area (Å²) in [6, 6.07) is 12.3. The van der Waals surface area contributed by atoms with Gasteiger partial charge in [-0.2, -0.15) is 0 Å². The molecule has 108 valence electrons. The zero-order chi connectivity index (χ0) is 14.8. The van der Waals surface area contributed by atoms with Gasteiger partial charge < -0.3 is 15.3 Å². The lowest BCUT2D eigenvalue weighted by Crippen LogP contribution is -2.43. The summed E-state index contributed by atoms with van der Waals surface area (Å²) < 4.78 is 0. The van der Waals surface area contributed by atoms with Crippen molar-refractivity contribution in [2.24, 2.45) is 0 Å². The van der Waals surface area contributed by atoms with E-state index in [4.69, 9.17) is 5.11 Å². The molecule has 2 amide bonds. The Labute approximate surface area is 125 Å². The molecular weight excluding hydrogens is 288 g/mol. The molecule has 0 unspecified atom stereocenters. The number of carbonyl (C=O) groups is 2. The van der Waals surface area contributed by atoms with E-state index in [1.54, 1.807) is 0 Å². The number of nitrogens with one attached hydrogen (secondary N) is 1. The fraction of sp³-hybridized carbons (Fsp3) is 0.200. The summed E-state index contributed by atoms with van der Waals surface area (Å²) in [7, 11) is 0. The van der Waals surface area contributed by atoms with Crippen LogP contribution in [0.3, 0.4) is 0 Å². The first-order chi connectivity index (χ1) is 10.2. The number of anilines is 1. The zero-order valence-corrected chi connectivity index (χ0v) is 12.0. The van der Waals surface area contributed by atoms with E-state index in [9.17, 15) is 9.59 Å². The number of hydrogen-bond donors (Lipinski definition) is 2. The minimum Gasteiger partial charge on any atom is -0.480 e. The quantitative estimate of drug-likeness (QED) is 0.895. The topological polar surface area (TPSA) is 69.6 Å². The number of nitrogens with zero attached hydrogens (tertiary/aromatic N) is 1. The zero-order valence-electron chi connectivity index (χ0n) is 11.2. The van der Waals surface area contributed by atoms with Gasteiger partial charge in [0.1, 0.15) is 6.04 Å². The Balaban J connectivity index is 1.85. The average molecular weight is 302 g/mol. The Kier molecular flexibility index (Phi) is 3.70. The number of aliphatic carboxylic acids is 1. The molecule has 2 N–H and O–H groups in total. The lowest BCUT2D eigenvalue weighted by atomic mass is 10.1. The second-order valence-corrected chi connectivity index (χ2v) is 5.78. The highest BCUT2D eigenvalue weighted by atomic mass is 32.2. The molecule has 0 aliphatic carbocycles. The predicted octanol–water partition coefficient (Wildman–Crippen LogP) is 2.83. The van der Waals surface area contributed by atoms with Crippen molar-refractivity contribution >= 4 is 40.2 Å². The van der Waals surface area contributed by atoms with Gasteiger partial charge in [-0.25, -0.2) is 9.59 Å². The summed E-state index contributed by atoms with van der Waals surface area (Å²) in [4.78, 5) is 24.8. The first-order valence-corrected chi connectivity index (χ1v) is 7.68. The molecule has 6 heteroatoms. The van der Waals surface area contributed by atoms with Gasteiger partial charge in [0, 0.05) is 11.1 Å². The van der Waals surface area contributed by atoms with E-state index in [0.717, 1.165) is 10.8 Å². The van der Waals surface area contributed by atoms with Gasteiger partial charge in [-0.1, -0.05) is 36.4 Å². The van der Waals surface area contributed by atoms with Gasteiger partial charge in [0.15, 0.2) is 0 Å². The fourth-order valence-corrected chi connectivity index (χ4v) is 3.51. The minimum absolute atomic E-state index is 0.372. The third-order valence-electron chi connectivity index (χ3n) is 3.46. The van der Waals surface area contributed by atoms with Gasteiger partial charge in [0.25, 0.3) is 0 Å². The third-order valence-corrected chi connectivity index (χ3v) is 4.47. The molecule has 0 radical (unpaired) electrons. The van der Waals surface area contributed by atoms with E-state index >= 15 is 0 Å². The number of fused-ring (bicyclic) bond motifs is 1. The van der Waals surface area contributed by atoms with Crippen molar-refractivity contribution in [3.8, 4) is 0 Å². The highest BCUT2D eigenvalue weighted by molar-refractivity contribution is 7.99. The van der Waals surface area contributed by atoms with E-state index in [0.29, 0.717) is 17.3 Å². The maximum atomic E-state index is 12.3. The maximum Gasteiger partial charge on any atom is 0.327 e. The molecule has 1 saturated heterocycles. The maximum absolute atomic E-state index is 12.3. The van der Waals surface area contributed by atoms with Crippen LogP contribution in [0.2, 0.25) is 0 Å². The second-order valence-electron chi connectivity index (χ2n) is 4.78. The van der Waals surface area contributed by atoms with Crippen LogP contribution in [0.25, 0.3) is 10.8 Å². The van der Waals surface area contributed by atoms with Crippen LogP contribution in [0.5, 0.6) is 0 Å². The number of urea groups is 1. The number of carboxylic acid groups (broad SMARTS) is 1. The first kappa shape index (κ1) is 13.8. The molecule has 1 atom stereocenters. The number of amides is 2. The van der Waals surface area contributed by atoms with Crippen LogP contribution in [0.4, 0.5) is 10.5 Å². The van der Waals surface area contributed by atoms with Crippen LogP contribution in [-0.2, 0) is 4.79 Å². The Morgan fingerprint density at radius 1 is 1.19 bits per heavy atom. The van der Waals surface area contributed by atoms with Crippen molar-refractivity contribution in [2.45, 2.75) is 6.04 Å². The second kappa shape index (κ2) is 5.65. The number of rotatable bonds is 2. The van der Waals surface area contributed by atoms with Gasteiger partial charge >= 0.3 is 12.0 Å². The third kappa shape index (κ3) is 2.67. The van der Waals surface area contributed by atoms with Crippen LogP contribution >= 0.6 is 11.8 Å². The molecule has 2 aromatic carbocycles. The van der Waals surface area contributed by atoms with E-state index in [-0.39, 0.29) is 6.03 Å². The van der Waals surface area contributed by atoms with E-state index < -0.39 is 12.0 Å². The van der Waals surface area contributed by atoms with Gasteiger partial charge in [0.05, 0.1) is 11.6 Å². The van der Waals surface area contributed by atoms with Crippen molar-refractivity contribution < 1.29 is 14.7 Å². The molecule has 5 nitrogen and oxygen atoms in total. The summed E-state index contributed by atoms with van der Waals surface area (Å²) in [6.07, 6.45) is 0. The molecule has 3 rings (SSSR count). The first-order valence-electron chi connectivity index (χ1n) is 6.53. The van der Waals surface area contributed by atoms with Crippen molar-refractivity contribution in [1.82, 2.24) is 4.90 Å². The molecule has 0 spiro atoms. The molecular formula is C15H14N2O3S. The molecule has 2 aromatic rings. The summed E-state index contributed by atoms with van der Waals surface area (Å²) in [5.74, 6) is -0.139. The van der Waals surface area contributed by atoms with Gasteiger partial charge in [-0.15, -0.1) is 11.8 Å². The minimum atomic E-state index is -0.965. The standard InChI is InChI=1S/C15H14N2O3S/c18-14(19)13-8-21-9-17(13)15(20)16-12-7-3-5-10-4-1-2-6-11(10)12/h1-7,13H,8-9H2,(H,16,20)(H,18,19)/t13-/m0/s1. The Hall–Kier alpha value is -2.21. The Morgan fingerprint density at radius 3 is 2.76 bits per heavy atom. The lowest BCUT2D eigenvalue weighted by molar-refractivity contribution is -0.140. The van der Waals surface area contributed by atoms with Crippen molar-refractivity contribution in [3.63, 3.8) is 0 Å². The number of carbonyl (C=O) groups excluding carboxylic acids is 1. The highest BCUT2D eigenvalue weighted by Gasteiger charge is 2.34. The van der Waals surface area contributed by atoms with Crippen LogP contribution in [0, 0.1) is 0 Å². The SMILES string of the molecule is O=C(O)[C@@H]1CSCN1C(=O)Nc1cccc2ccccc12. The van der Waals surface area contributed by atoms with Crippen molar-refractivity contribution in [3.05, 3.63) is 42.5 Å². The Morgan fingerprint density at radius 2 is 1.95 bits per heavy atom. The molecule has 1 heterocycles. The van der Waals surface area contributed by atoms with Crippen molar-refractivity contribution in [2.75, 3.05) is 16.9 Å². The normalized spacial score (nSPS) is 17.9. The van der Waals surface area contributed by atoms with Crippen molar-refractivity contribution in [1.29, 1.82) is 0 Å². The molecule has 1 aliphatic rings. The molecule has 0 aromatic heterocycles. The average Bonchev–Trinajstić information content (AvgIpc) is 2.97. The monoisotopic (exact) mass is 302 g/mol. The molecule has 0 saturated carbocycles. The summed E-state index contributed by atoms with van der Waals surface area (Å²) in [5.41, 5.74) is 0.694. The largest absolute Gasteiger partial charge is 0.480 e. The van der Waals surface area contributed by atoms with Gasteiger partial charge in [-0.05, 0) is 11.5 Å². The lowest BCUT2D eigenvalue weighted by Gasteiger charge is -2.21. The highest BCUT2D eigenvalue weighted by Crippen LogP contribution is 2.26. The summed E-state index contributed by atoms with van der Waals surface area (Å²) >= 11 is 1.45. The molecule has 1 aliphatic heterocycles. The molecule has 0 bridgehead atoms. The predicted molar refractivity (Wildman–Crippen MR) is 83.6 cm³/mol. The number of hydrogen-bond acceptors (Lipinski definition) is 3. The van der Waals surface area contributed by atoms with E-state index in [2.05, 4.69) is 5.32 Å². The van der Waals surface area contributed by atoms with E-state index in [1.807, 2.05) is 42.5 Å². The number of thioether (sulfide) groups is 1. The fourth-order valence-electron chi connectivity index (χ4n) is 2.37. The smallest absolute Gasteiger partial charge is 0.327 e. The summed E-state index contributed by atoms with van der Waals surface area (Å²) in [5, 5.41) is 13.9. The van der Waals surface area contributed by atoms with Crippen LogP contribution in [-0.4, -0.2) is 39.7 Å². The molecule has 21 heavy (non-hydrogen) atoms. The molecule has 1 fully saturated rings. The van der Waals surface area contributed by atoms with Crippen LogP contribution in [0.15, 0.2) is 42.5 Å². The van der Waals surface area contributed by atoms with E-state index in [1.165, 1.54) is 16.7 Å². The van der Waals surface area contributed by atoms with Crippen LogP contribution in [0.1, 0.15) is 0 Å². The summed E-state index contributed by atoms with van der Waals surface area (Å²) in [6.45, 7) is 0. The van der Waals surface area contributed by atoms with Crippen LogP contribution < -0.4 is 5.32 Å².